The number of hydrogen-bond acceptors (Lipinski definition) is 6. The van der Waals surface area contributed by atoms with Crippen molar-refractivity contribution in [2.24, 2.45) is 0 Å². The highest BCUT2D eigenvalue weighted by atomic mass is 32.2. The number of aromatic amines is 1. The third-order valence-corrected chi connectivity index (χ3v) is 6.22. The van der Waals surface area contributed by atoms with Crippen LogP contribution in [0.3, 0.4) is 0 Å². The number of hydrogen-bond donors (Lipinski definition) is 1. The van der Waals surface area contributed by atoms with Gasteiger partial charge in [0.05, 0.1) is 17.6 Å². The van der Waals surface area contributed by atoms with E-state index < -0.39 is 10.0 Å². The first-order valence-corrected chi connectivity index (χ1v) is 9.43. The number of aryl methyl sites for hydroxylation is 2. The summed E-state index contributed by atoms with van der Waals surface area (Å²) in [7, 11) is -3.53. The molecule has 1 fully saturated rings. The molecule has 0 spiro atoms. The lowest BCUT2D eigenvalue weighted by Gasteiger charge is -2.31. The molecule has 0 bridgehead atoms. The lowest BCUT2D eigenvalue weighted by atomic mass is 10.1. The Morgan fingerprint density at radius 1 is 1.33 bits per heavy atom. The molecule has 0 saturated carbocycles. The standard InChI is InChI=1S/C15H21N5O3S/c1-3-13-15(11(2)18-19-13)24(21,22)20-8-4-12(5-9-20)23-14-10-16-6-7-17-14/h6-7,10,12H,3-5,8-9H2,1-2H3,(H,18,19). The summed E-state index contributed by atoms with van der Waals surface area (Å²) in [5.41, 5.74) is 1.18. The number of aromatic nitrogens is 4. The average molecular weight is 351 g/mol. The van der Waals surface area contributed by atoms with Crippen molar-refractivity contribution in [3.8, 4) is 5.88 Å². The van der Waals surface area contributed by atoms with Crippen molar-refractivity contribution in [1.82, 2.24) is 24.5 Å². The van der Waals surface area contributed by atoms with Crippen molar-refractivity contribution in [1.29, 1.82) is 0 Å². The molecule has 0 radical (unpaired) electrons. The van der Waals surface area contributed by atoms with Gasteiger partial charge in [-0.05, 0) is 26.2 Å². The number of H-pyrrole nitrogens is 1. The van der Waals surface area contributed by atoms with Crippen LogP contribution in [0.1, 0.15) is 31.2 Å². The monoisotopic (exact) mass is 351 g/mol. The zero-order valence-corrected chi connectivity index (χ0v) is 14.6. The van der Waals surface area contributed by atoms with Gasteiger partial charge in [0, 0.05) is 25.5 Å². The normalized spacial score (nSPS) is 17.1. The first-order valence-electron chi connectivity index (χ1n) is 7.99. The van der Waals surface area contributed by atoms with Gasteiger partial charge in [-0.25, -0.2) is 13.4 Å². The molecule has 24 heavy (non-hydrogen) atoms. The van der Waals surface area contributed by atoms with Crippen LogP contribution in [0.4, 0.5) is 0 Å². The molecule has 9 heteroatoms. The van der Waals surface area contributed by atoms with E-state index in [1.807, 2.05) is 6.92 Å². The maximum absolute atomic E-state index is 12.9. The molecular formula is C15H21N5O3S. The minimum absolute atomic E-state index is 0.0516. The summed E-state index contributed by atoms with van der Waals surface area (Å²) >= 11 is 0. The molecule has 130 valence electrons. The van der Waals surface area contributed by atoms with Crippen molar-refractivity contribution < 1.29 is 13.2 Å². The summed E-state index contributed by atoms with van der Waals surface area (Å²) in [6.45, 7) is 4.47. The fraction of sp³-hybridized carbons (Fsp3) is 0.533. The van der Waals surface area contributed by atoms with Crippen LogP contribution >= 0.6 is 0 Å². The molecular weight excluding hydrogens is 330 g/mol. The molecule has 3 heterocycles. The van der Waals surface area contributed by atoms with Crippen molar-refractivity contribution >= 4 is 10.0 Å². The Hall–Kier alpha value is -2.00. The Morgan fingerprint density at radius 3 is 2.71 bits per heavy atom. The lowest BCUT2D eigenvalue weighted by Crippen LogP contribution is -2.42. The molecule has 0 amide bonds. The van der Waals surface area contributed by atoms with Gasteiger partial charge >= 0.3 is 0 Å². The predicted octanol–water partition coefficient (Wildman–Crippen LogP) is 1.30. The number of sulfonamides is 1. The molecule has 0 atom stereocenters. The van der Waals surface area contributed by atoms with Crippen LogP contribution in [0.15, 0.2) is 23.5 Å². The van der Waals surface area contributed by atoms with Gasteiger partial charge in [0.25, 0.3) is 0 Å². The van der Waals surface area contributed by atoms with Crippen LogP contribution in [-0.4, -0.2) is 52.1 Å². The second kappa shape index (κ2) is 6.86. The smallest absolute Gasteiger partial charge is 0.246 e. The van der Waals surface area contributed by atoms with Gasteiger partial charge in [0.1, 0.15) is 11.0 Å². The van der Waals surface area contributed by atoms with Gasteiger partial charge in [0.2, 0.25) is 15.9 Å². The maximum Gasteiger partial charge on any atom is 0.246 e. The van der Waals surface area contributed by atoms with Crippen LogP contribution in [0, 0.1) is 6.92 Å². The molecule has 1 N–H and O–H groups in total. The van der Waals surface area contributed by atoms with E-state index in [2.05, 4.69) is 20.2 Å². The number of rotatable bonds is 5. The van der Waals surface area contributed by atoms with Crippen LogP contribution in [-0.2, 0) is 16.4 Å². The van der Waals surface area contributed by atoms with Crippen LogP contribution in [0.2, 0.25) is 0 Å². The van der Waals surface area contributed by atoms with Gasteiger partial charge < -0.3 is 4.74 Å². The third kappa shape index (κ3) is 3.27. The highest BCUT2D eigenvalue weighted by molar-refractivity contribution is 7.89. The largest absolute Gasteiger partial charge is 0.473 e. The minimum Gasteiger partial charge on any atom is -0.473 e. The van der Waals surface area contributed by atoms with Crippen molar-refractivity contribution in [2.75, 3.05) is 13.1 Å². The third-order valence-electron chi connectivity index (χ3n) is 4.12. The summed E-state index contributed by atoms with van der Waals surface area (Å²) in [4.78, 5) is 8.37. The Morgan fingerprint density at radius 2 is 2.08 bits per heavy atom. The minimum atomic E-state index is -3.53. The number of nitrogens with zero attached hydrogens (tertiary/aromatic N) is 4. The summed E-state index contributed by atoms with van der Waals surface area (Å²) in [6.07, 6.45) is 6.48. The molecule has 1 saturated heterocycles. The molecule has 1 aliphatic heterocycles. The Labute approximate surface area is 141 Å². The van der Waals surface area contributed by atoms with Crippen LogP contribution in [0.25, 0.3) is 0 Å². The SMILES string of the molecule is CCc1n[nH]c(C)c1S(=O)(=O)N1CCC(Oc2cnccn2)CC1. The number of nitrogens with one attached hydrogen (secondary N) is 1. The molecule has 3 rings (SSSR count). The fourth-order valence-corrected chi connectivity index (χ4v) is 4.76. The first kappa shape index (κ1) is 16.8. The molecule has 0 unspecified atom stereocenters. The second-order valence-electron chi connectivity index (χ2n) is 5.74. The van der Waals surface area contributed by atoms with Crippen molar-refractivity contribution in [3.05, 3.63) is 30.0 Å². The summed E-state index contributed by atoms with van der Waals surface area (Å²) in [6, 6.07) is 0. The Kier molecular flexibility index (Phi) is 4.81. The van der Waals surface area contributed by atoms with E-state index in [-0.39, 0.29) is 6.10 Å². The van der Waals surface area contributed by atoms with E-state index in [1.54, 1.807) is 25.5 Å². The van der Waals surface area contributed by atoms with Gasteiger partial charge in [-0.1, -0.05) is 6.92 Å². The average Bonchev–Trinajstić information content (AvgIpc) is 2.98. The number of ether oxygens (including phenoxy) is 1. The van der Waals surface area contributed by atoms with E-state index in [9.17, 15) is 8.42 Å². The quantitative estimate of drug-likeness (QED) is 0.871. The first-order chi connectivity index (χ1) is 11.5. The van der Waals surface area contributed by atoms with Crippen LogP contribution < -0.4 is 4.74 Å². The highest BCUT2D eigenvalue weighted by Gasteiger charge is 2.33. The van der Waals surface area contributed by atoms with E-state index in [1.165, 1.54) is 4.31 Å². The molecule has 1 aliphatic rings. The van der Waals surface area contributed by atoms with E-state index in [4.69, 9.17) is 4.74 Å². The topological polar surface area (TPSA) is 101 Å². The summed E-state index contributed by atoms with van der Waals surface area (Å²) in [5, 5.41) is 6.87. The second-order valence-corrected chi connectivity index (χ2v) is 7.62. The van der Waals surface area contributed by atoms with Gasteiger partial charge in [0.15, 0.2) is 0 Å². The number of piperidine rings is 1. The summed E-state index contributed by atoms with van der Waals surface area (Å²) in [5.74, 6) is 0.470. The van der Waals surface area contributed by atoms with Gasteiger partial charge in [-0.15, -0.1) is 0 Å². The van der Waals surface area contributed by atoms with Crippen LogP contribution in [0.5, 0.6) is 5.88 Å². The maximum atomic E-state index is 12.9. The lowest BCUT2D eigenvalue weighted by molar-refractivity contribution is 0.129. The molecule has 0 aliphatic carbocycles. The van der Waals surface area contributed by atoms with E-state index in [0.717, 1.165) is 0 Å². The Bertz CT molecular complexity index is 783. The molecule has 8 nitrogen and oxygen atoms in total. The molecule has 2 aromatic rings. The van der Waals surface area contributed by atoms with Gasteiger partial charge in [-0.2, -0.15) is 9.40 Å². The van der Waals surface area contributed by atoms with Crippen molar-refractivity contribution in [3.63, 3.8) is 0 Å². The van der Waals surface area contributed by atoms with E-state index >= 15 is 0 Å². The van der Waals surface area contributed by atoms with Crippen molar-refractivity contribution in [2.45, 2.75) is 44.1 Å². The highest BCUT2D eigenvalue weighted by Crippen LogP contribution is 2.26. The predicted molar refractivity (Wildman–Crippen MR) is 87.1 cm³/mol. The summed E-state index contributed by atoms with van der Waals surface area (Å²) < 4.78 is 33.1. The molecule has 2 aromatic heterocycles. The Balaban J connectivity index is 1.68. The zero-order valence-electron chi connectivity index (χ0n) is 13.8. The van der Waals surface area contributed by atoms with Gasteiger partial charge in [-0.3, -0.25) is 10.1 Å². The van der Waals surface area contributed by atoms with E-state index in [0.29, 0.717) is 54.5 Å². The fourth-order valence-electron chi connectivity index (χ4n) is 2.89. The zero-order chi connectivity index (χ0) is 17.2. The molecule has 0 aromatic carbocycles.